The number of aromatic nitrogens is 2. The standard InChI is InChI=1S/C15H20FN3O/c1-9(2)13(10(3)17-4)15-18-14(19-20-15)11-5-7-12(16)8-6-11/h5-10,13,17H,1-4H3. The van der Waals surface area contributed by atoms with E-state index in [4.69, 9.17) is 4.52 Å². The number of likely N-dealkylation sites (N-methyl/N-ethyl adjacent to an activating group) is 1. The molecule has 1 aromatic heterocycles. The van der Waals surface area contributed by atoms with Gasteiger partial charge in [-0.05, 0) is 44.2 Å². The van der Waals surface area contributed by atoms with E-state index in [2.05, 4.69) is 36.2 Å². The molecule has 4 nitrogen and oxygen atoms in total. The predicted molar refractivity (Wildman–Crippen MR) is 75.8 cm³/mol. The minimum atomic E-state index is -0.277. The number of benzene rings is 1. The zero-order valence-corrected chi connectivity index (χ0v) is 12.2. The maximum absolute atomic E-state index is 12.9. The van der Waals surface area contributed by atoms with Gasteiger partial charge in [-0.15, -0.1) is 0 Å². The molecular weight excluding hydrogens is 257 g/mol. The summed E-state index contributed by atoms with van der Waals surface area (Å²) >= 11 is 0. The van der Waals surface area contributed by atoms with Crippen LogP contribution in [0, 0.1) is 11.7 Å². The number of nitrogens with zero attached hydrogens (tertiary/aromatic N) is 2. The molecule has 2 aromatic rings. The van der Waals surface area contributed by atoms with Crippen LogP contribution < -0.4 is 5.32 Å². The van der Waals surface area contributed by atoms with Crippen LogP contribution in [0.3, 0.4) is 0 Å². The second kappa shape index (κ2) is 6.13. The van der Waals surface area contributed by atoms with E-state index in [-0.39, 0.29) is 17.8 Å². The van der Waals surface area contributed by atoms with Crippen LogP contribution in [-0.4, -0.2) is 23.2 Å². The van der Waals surface area contributed by atoms with Gasteiger partial charge >= 0.3 is 0 Å². The van der Waals surface area contributed by atoms with Crippen LogP contribution in [0.25, 0.3) is 11.4 Å². The van der Waals surface area contributed by atoms with Crippen molar-refractivity contribution in [2.75, 3.05) is 7.05 Å². The fraction of sp³-hybridized carbons (Fsp3) is 0.467. The lowest BCUT2D eigenvalue weighted by molar-refractivity contribution is 0.286. The van der Waals surface area contributed by atoms with Crippen LogP contribution in [0.5, 0.6) is 0 Å². The van der Waals surface area contributed by atoms with E-state index in [1.165, 1.54) is 12.1 Å². The Morgan fingerprint density at radius 2 is 1.80 bits per heavy atom. The Labute approximate surface area is 118 Å². The normalized spacial score (nSPS) is 14.5. The Balaban J connectivity index is 2.29. The fourth-order valence-corrected chi connectivity index (χ4v) is 2.34. The van der Waals surface area contributed by atoms with E-state index in [9.17, 15) is 4.39 Å². The smallest absolute Gasteiger partial charge is 0.231 e. The average molecular weight is 277 g/mol. The fourth-order valence-electron chi connectivity index (χ4n) is 2.34. The second-order valence-corrected chi connectivity index (χ2v) is 5.31. The molecule has 1 heterocycles. The van der Waals surface area contributed by atoms with Crippen molar-refractivity contribution < 1.29 is 8.91 Å². The summed E-state index contributed by atoms with van der Waals surface area (Å²) in [5.74, 6) is 1.34. The molecule has 20 heavy (non-hydrogen) atoms. The van der Waals surface area contributed by atoms with Gasteiger partial charge in [-0.25, -0.2) is 4.39 Å². The predicted octanol–water partition coefficient (Wildman–Crippen LogP) is 3.22. The van der Waals surface area contributed by atoms with Crippen molar-refractivity contribution in [1.82, 2.24) is 15.5 Å². The van der Waals surface area contributed by atoms with Gasteiger partial charge < -0.3 is 9.84 Å². The van der Waals surface area contributed by atoms with Crippen LogP contribution in [-0.2, 0) is 0 Å². The van der Waals surface area contributed by atoms with E-state index in [1.54, 1.807) is 12.1 Å². The van der Waals surface area contributed by atoms with Crippen molar-refractivity contribution in [3.05, 3.63) is 36.0 Å². The summed E-state index contributed by atoms with van der Waals surface area (Å²) in [6, 6.07) is 6.31. The summed E-state index contributed by atoms with van der Waals surface area (Å²) in [5, 5.41) is 7.22. The van der Waals surface area contributed by atoms with E-state index < -0.39 is 0 Å². The molecule has 0 bridgehead atoms. The molecule has 0 aliphatic carbocycles. The molecule has 0 saturated heterocycles. The zero-order chi connectivity index (χ0) is 14.7. The van der Waals surface area contributed by atoms with Gasteiger partial charge in [0.15, 0.2) is 0 Å². The van der Waals surface area contributed by atoms with E-state index in [0.29, 0.717) is 17.6 Å². The van der Waals surface area contributed by atoms with Gasteiger partial charge in [0.25, 0.3) is 0 Å². The third kappa shape index (κ3) is 3.04. The minimum absolute atomic E-state index is 0.140. The van der Waals surface area contributed by atoms with Crippen molar-refractivity contribution >= 4 is 0 Å². The summed E-state index contributed by atoms with van der Waals surface area (Å²) in [4.78, 5) is 4.46. The molecule has 5 heteroatoms. The van der Waals surface area contributed by atoms with Crippen molar-refractivity contribution in [3.63, 3.8) is 0 Å². The SMILES string of the molecule is CNC(C)C(c1nc(-c2ccc(F)cc2)no1)C(C)C. The lowest BCUT2D eigenvalue weighted by Gasteiger charge is -2.23. The average Bonchev–Trinajstić information content (AvgIpc) is 2.88. The number of halogens is 1. The van der Waals surface area contributed by atoms with Crippen LogP contribution >= 0.6 is 0 Å². The number of hydrogen-bond donors (Lipinski definition) is 1. The first-order chi connectivity index (χ1) is 9.52. The van der Waals surface area contributed by atoms with Gasteiger partial charge in [-0.3, -0.25) is 0 Å². The molecule has 0 aliphatic heterocycles. The Bertz CT molecular complexity index is 551. The van der Waals surface area contributed by atoms with Crippen LogP contribution in [0.2, 0.25) is 0 Å². The number of rotatable bonds is 5. The monoisotopic (exact) mass is 277 g/mol. The third-order valence-corrected chi connectivity index (χ3v) is 3.54. The quantitative estimate of drug-likeness (QED) is 0.911. The Morgan fingerprint density at radius 3 is 2.35 bits per heavy atom. The highest BCUT2D eigenvalue weighted by Gasteiger charge is 2.27. The highest BCUT2D eigenvalue weighted by atomic mass is 19.1. The maximum Gasteiger partial charge on any atom is 0.231 e. The maximum atomic E-state index is 12.9. The second-order valence-electron chi connectivity index (χ2n) is 5.31. The summed E-state index contributed by atoms with van der Waals surface area (Å²) in [6.45, 7) is 6.34. The van der Waals surface area contributed by atoms with Gasteiger partial charge in [0.05, 0.1) is 5.92 Å². The van der Waals surface area contributed by atoms with Crippen molar-refractivity contribution in [1.29, 1.82) is 0 Å². The molecule has 108 valence electrons. The largest absolute Gasteiger partial charge is 0.339 e. The summed E-state index contributed by atoms with van der Waals surface area (Å²) < 4.78 is 18.3. The van der Waals surface area contributed by atoms with Crippen LogP contribution in [0.1, 0.15) is 32.6 Å². The van der Waals surface area contributed by atoms with E-state index in [1.807, 2.05) is 7.05 Å². The Kier molecular flexibility index (Phi) is 4.49. The molecule has 1 N–H and O–H groups in total. The summed E-state index contributed by atoms with van der Waals surface area (Å²) in [5.41, 5.74) is 0.751. The first-order valence-corrected chi connectivity index (χ1v) is 6.79. The molecule has 2 unspecified atom stereocenters. The summed E-state index contributed by atoms with van der Waals surface area (Å²) in [7, 11) is 1.91. The van der Waals surface area contributed by atoms with Crippen molar-refractivity contribution in [2.45, 2.75) is 32.7 Å². The van der Waals surface area contributed by atoms with Crippen LogP contribution in [0.15, 0.2) is 28.8 Å². The number of hydrogen-bond acceptors (Lipinski definition) is 4. The topological polar surface area (TPSA) is 51.0 Å². The molecule has 2 atom stereocenters. The highest BCUT2D eigenvalue weighted by molar-refractivity contribution is 5.53. The zero-order valence-electron chi connectivity index (χ0n) is 12.2. The Morgan fingerprint density at radius 1 is 1.15 bits per heavy atom. The van der Waals surface area contributed by atoms with Crippen molar-refractivity contribution in [3.8, 4) is 11.4 Å². The van der Waals surface area contributed by atoms with Gasteiger partial charge in [-0.2, -0.15) is 4.98 Å². The minimum Gasteiger partial charge on any atom is -0.339 e. The van der Waals surface area contributed by atoms with Gasteiger partial charge in [0.2, 0.25) is 11.7 Å². The summed E-state index contributed by atoms with van der Waals surface area (Å²) in [6.07, 6.45) is 0. The van der Waals surface area contributed by atoms with Gasteiger partial charge in [0.1, 0.15) is 5.82 Å². The van der Waals surface area contributed by atoms with Crippen LogP contribution in [0.4, 0.5) is 4.39 Å². The van der Waals surface area contributed by atoms with Gasteiger partial charge in [-0.1, -0.05) is 19.0 Å². The molecule has 2 rings (SSSR count). The molecule has 0 aliphatic rings. The lowest BCUT2D eigenvalue weighted by Crippen LogP contribution is -2.32. The van der Waals surface area contributed by atoms with Gasteiger partial charge in [0, 0.05) is 11.6 Å². The third-order valence-electron chi connectivity index (χ3n) is 3.54. The highest BCUT2D eigenvalue weighted by Crippen LogP contribution is 2.28. The lowest BCUT2D eigenvalue weighted by atomic mass is 9.89. The molecule has 0 spiro atoms. The molecular formula is C15H20FN3O. The first kappa shape index (κ1) is 14.7. The number of nitrogens with one attached hydrogen (secondary N) is 1. The molecule has 1 aromatic carbocycles. The van der Waals surface area contributed by atoms with Crippen molar-refractivity contribution in [2.24, 2.45) is 5.92 Å². The van der Waals surface area contributed by atoms with E-state index >= 15 is 0 Å². The molecule has 0 radical (unpaired) electrons. The molecule has 0 fully saturated rings. The Hall–Kier alpha value is -1.75. The van der Waals surface area contributed by atoms with E-state index in [0.717, 1.165) is 5.56 Å². The molecule has 0 amide bonds. The first-order valence-electron chi connectivity index (χ1n) is 6.79. The molecule has 0 saturated carbocycles.